The molecule has 0 radical (unpaired) electrons. The molecule has 1 saturated heterocycles. The number of anilines is 1. The van der Waals surface area contributed by atoms with E-state index >= 15 is 0 Å². The van der Waals surface area contributed by atoms with Crippen molar-refractivity contribution in [3.8, 4) is 17.1 Å². The molecule has 2 heterocycles. The number of ether oxygens (including phenoxy) is 1. The third-order valence-corrected chi connectivity index (χ3v) is 7.02. The predicted molar refractivity (Wildman–Crippen MR) is 120 cm³/mol. The number of nitrogens with one attached hydrogen (secondary N) is 1. The molecule has 1 amide bonds. The van der Waals surface area contributed by atoms with Crippen LogP contribution < -0.4 is 14.4 Å². The van der Waals surface area contributed by atoms with Crippen LogP contribution in [0.1, 0.15) is 30.6 Å². The minimum Gasteiger partial charge on any atom is -0.489 e. The molecule has 0 saturated carbocycles. The maximum absolute atomic E-state index is 13.4. The Balaban J connectivity index is 1.97. The monoisotopic (exact) mass is 448 g/mol. The van der Waals surface area contributed by atoms with Gasteiger partial charge in [-0.15, -0.1) is 10.8 Å². The average Bonchev–Trinajstić information content (AvgIpc) is 3.26. The number of carbonyl (C=O) groups is 1. The minimum absolute atomic E-state index is 0.174. The Kier molecular flexibility index (Phi) is 5.59. The first kappa shape index (κ1) is 21.5. The number of nitrogens with zero attached hydrogens (tertiary/aromatic N) is 1. The summed E-state index contributed by atoms with van der Waals surface area (Å²) in [6, 6.07) is 9.06. The van der Waals surface area contributed by atoms with Crippen LogP contribution in [-0.2, 0) is 0 Å². The van der Waals surface area contributed by atoms with Gasteiger partial charge >= 0.3 is 0 Å². The van der Waals surface area contributed by atoms with E-state index in [0.29, 0.717) is 52.3 Å². The molecule has 3 aromatic rings. The number of hydrogen-bond donors (Lipinski definition) is 3. The molecule has 9 heteroatoms. The van der Waals surface area contributed by atoms with Crippen molar-refractivity contribution in [3.05, 3.63) is 47.8 Å². The van der Waals surface area contributed by atoms with E-state index in [1.165, 1.54) is 19.2 Å². The molecule has 1 aromatic heterocycles. The summed E-state index contributed by atoms with van der Waals surface area (Å²) in [5.41, 5.74) is 1.75. The van der Waals surface area contributed by atoms with Crippen LogP contribution in [0.15, 0.2) is 40.8 Å². The van der Waals surface area contributed by atoms with E-state index in [1.54, 1.807) is 28.6 Å². The lowest BCUT2D eigenvalue weighted by Gasteiger charge is -2.38. The third kappa shape index (κ3) is 3.96. The summed E-state index contributed by atoms with van der Waals surface area (Å²) in [7, 11) is -1.43. The van der Waals surface area contributed by atoms with E-state index in [9.17, 15) is 18.3 Å². The SMILES string of the molecule is CNC(=O)c1c(-c2ccc(F)cc2)oc2cc(N3CCCS3(O)O)c(OC(C)C)cc12. The van der Waals surface area contributed by atoms with E-state index < -0.39 is 16.6 Å². The Morgan fingerprint density at radius 1 is 1.26 bits per heavy atom. The molecule has 166 valence electrons. The number of furan rings is 1. The Morgan fingerprint density at radius 3 is 2.55 bits per heavy atom. The summed E-state index contributed by atoms with van der Waals surface area (Å²) in [6.45, 7) is 4.21. The highest BCUT2D eigenvalue weighted by Crippen LogP contribution is 2.54. The first-order valence-corrected chi connectivity index (χ1v) is 11.7. The number of halogens is 1. The summed E-state index contributed by atoms with van der Waals surface area (Å²) in [5, 5.41) is 3.15. The molecule has 0 unspecified atom stereocenters. The number of hydrogen-bond acceptors (Lipinski definition) is 6. The van der Waals surface area contributed by atoms with Crippen molar-refractivity contribution in [2.24, 2.45) is 0 Å². The Morgan fingerprint density at radius 2 is 1.97 bits per heavy atom. The third-order valence-electron chi connectivity index (χ3n) is 5.09. The van der Waals surface area contributed by atoms with Gasteiger partial charge in [-0.25, -0.2) is 4.39 Å². The van der Waals surface area contributed by atoms with E-state index in [-0.39, 0.29) is 17.8 Å². The van der Waals surface area contributed by atoms with Crippen molar-refractivity contribution in [1.29, 1.82) is 0 Å². The van der Waals surface area contributed by atoms with E-state index in [1.807, 2.05) is 13.8 Å². The van der Waals surface area contributed by atoms with E-state index in [2.05, 4.69) is 5.32 Å². The van der Waals surface area contributed by atoms with Crippen molar-refractivity contribution >= 4 is 33.3 Å². The van der Waals surface area contributed by atoms with Crippen molar-refractivity contribution < 1.29 is 27.4 Å². The van der Waals surface area contributed by atoms with Gasteiger partial charge in [0.15, 0.2) is 0 Å². The van der Waals surface area contributed by atoms with Gasteiger partial charge in [0.05, 0.1) is 17.4 Å². The molecule has 31 heavy (non-hydrogen) atoms. The zero-order valence-corrected chi connectivity index (χ0v) is 18.3. The molecule has 0 bridgehead atoms. The van der Waals surface area contributed by atoms with Crippen molar-refractivity contribution in [3.63, 3.8) is 0 Å². The summed E-state index contributed by atoms with van der Waals surface area (Å²) in [4.78, 5) is 12.8. The number of fused-ring (bicyclic) bond motifs is 1. The second-order valence-corrected chi connectivity index (χ2v) is 9.78. The molecule has 7 nitrogen and oxygen atoms in total. The molecular formula is C22H25FN2O5S. The smallest absolute Gasteiger partial charge is 0.255 e. The lowest BCUT2D eigenvalue weighted by atomic mass is 10.0. The molecule has 1 fully saturated rings. The van der Waals surface area contributed by atoms with Crippen molar-refractivity contribution in [1.82, 2.24) is 5.32 Å². The van der Waals surface area contributed by atoms with Crippen molar-refractivity contribution in [2.75, 3.05) is 23.7 Å². The maximum atomic E-state index is 13.4. The molecule has 0 spiro atoms. The van der Waals surface area contributed by atoms with Crippen LogP contribution in [0.3, 0.4) is 0 Å². The molecule has 0 atom stereocenters. The lowest BCUT2D eigenvalue weighted by molar-refractivity contribution is 0.0964. The first-order chi connectivity index (χ1) is 14.7. The maximum Gasteiger partial charge on any atom is 0.255 e. The molecule has 2 aromatic carbocycles. The topological polar surface area (TPSA) is 95.2 Å². The second kappa shape index (κ2) is 8.07. The van der Waals surface area contributed by atoms with Crippen LogP contribution in [-0.4, -0.2) is 40.5 Å². The molecule has 3 N–H and O–H groups in total. The van der Waals surface area contributed by atoms with E-state index in [0.717, 1.165) is 0 Å². The average molecular weight is 449 g/mol. The van der Waals surface area contributed by atoms with Gasteiger partial charge in [-0.2, -0.15) is 0 Å². The van der Waals surface area contributed by atoms with Crippen LogP contribution in [0, 0.1) is 5.82 Å². The second-order valence-electron chi connectivity index (χ2n) is 7.67. The highest BCUT2D eigenvalue weighted by atomic mass is 32.3. The summed E-state index contributed by atoms with van der Waals surface area (Å²) in [6.07, 6.45) is 0.469. The highest BCUT2D eigenvalue weighted by Gasteiger charge is 2.33. The summed E-state index contributed by atoms with van der Waals surface area (Å²) >= 11 is 0. The zero-order valence-electron chi connectivity index (χ0n) is 17.5. The van der Waals surface area contributed by atoms with Gasteiger partial charge in [-0.1, -0.05) is 0 Å². The largest absolute Gasteiger partial charge is 0.489 e. The van der Waals surface area contributed by atoms with Gasteiger partial charge in [0.1, 0.15) is 28.6 Å². The first-order valence-electron chi connectivity index (χ1n) is 10.00. The van der Waals surface area contributed by atoms with Gasteiger partial charge in [0, 0.05) is 30.6 Å². The van der Waals surface area contributed by atoms with Crippen LogP contribution in [0.5, 0.6) is 5.75 Å². The van der Waals surface area contributed by atoms with Crippen LogP contribution in [0.4, 0.5) is 10.1 Å². The summed E-state index contributed by atoms with van der Waals surface area (Å²) in [5.74, 6) is 0.271. The van der Waals surface area contributed by atoms with Gasteiger partial charge in [-0.05, 0) is 50.6 Å². The van der Waals surface area contributed by atoms with Crippen LogP contribution in [0.2, 0.25) is 0 Å². The van der Waals surface area contributed by atoms with Gasteiger partial charge in [0.25, 0.3) is 5.91 Å². The summed E-state index contributed by atoms with van der Waals surface area (Å²) < 4.78 is 48.0. The highest BCUT2D eigenvalue weighted by molar-refractivity contribution is 8.25. The number of carbonyl (C=O) groups excluding carboxylic acids is 1. The fourth-order valence-corrected chi connectivity index (χ4v) is 5.36. The Hall–Kier alpha value is -2.75. The number of amides is 1. The molecule has 0 aliphatic carbocycles. The minimum atomic E-state index is -2.96. The Labute approximate surface area is 181 Å². The standard InChI is InChI=1S/C22H25FN2O5S/c1-13(2)29-19-11-16-18(12-17(19)25-9-4-10-31(25,27)28)30-21(20(16)22(26)24-3)14-5-7-15(23)8-6-14/h5-8,11-13,27-28H,4,9-10H2,1-3H3,(H,24,26). The van der Waals surface area contributed by atoms with Gasteiger partial charge in [0.2, 0.25) is 0 Å². The predicted octanol–water partition coefficient (Wildman–Crippen LogP) is 5.26. The lowest BCUT2D eigenvalue weighted by Crippen LogP contribution is -2.23. The Bertz CT molecular complexity index is 1130. The normalized spacial score (nSPS) is 16.7. The fourth-order valence-electron chi connectivity index (χ4n) is 3.75. The van der Waals surface area contributed by atoms with Gasteiger partial charge < -0.3 is 14.5 Å². The van der Waals surface area contributed by atoms with Crippen molar-refractivity contribution in [2.45, 2.75) is 26.4 Å². The molecule has 4 rings (SSSR count). The zero-order chi connectivity index (χ0) is 22.3. The molecule has 1 aliphatic heterocycles. The van der Waals surface area contributed by atoms with Gasteiger partial charge in [-0.3, -0.25) is 18.2 Å². The molecule has 1 aliphatic rings. The van der Waals surface area contributed by atoms with Crippen LogP contribution >= 0.6 is 10.8 Å². The molecular weight excluding hydrogens is 423 g/mol. The quantitative estimate of drug-likeness (QED) is 0.493. The number of benzene rings is 2. The van der Waals surface area contributed by atoms with Crippen LogP contribution in [0.25, 0.3) is 22.3 Å². The van der Waals surface area contributed by atoms with E-state index in [4.69, 9.17) is 9.15 Å². The fraction of sp³-hybridized carbons (Fsp3) is 0.318. The number of rotatable bonds is 5.